The zero-order chi connectivity index (χ0) is 13.5. The molecule has 0 aliphatic carbocycles. The van der Waals surface area contributed by atoms with Crippen molar-refractivity contribution in [3.63, 3.8) is 0 Å². The summed E-state index contributed by atoms with van der Waals surface area (Å²) < 4.78 is 3.37. The average molecular weight is 370 g/mol. The Bertz CT molecular complexity index is 854. The Morgan fingerprint density at radius 1 is 0.750 bits per heavy atom. The van der Waals surface area contributed by atoms with E-state index in [-0.39, 0.29) is 0 Å². The van der Waals surface area contributed by atoms with E-state index in [1.54, 1.807) is 0 Å². The molecule has 0 fully saturated rings. The van der Waals surface area contributed by atoms with Crippen LogP contribution in [0.15, 0.2) is 66.9 Å². The smallest absolute Gasteiger partial charge is 0.137 e. The van der Waals surface area contributed by atoms with Crippen LogP contribution in [0.1, 0.15) is 0 Å². The summed E-state index contributed by atoms with van der Waals surface area (Å²) in [6.07, 6.45) is 1.90. The van der Waals surface area contributed by atoms with E-state index in [9.17, 15) is 0 Å². The van der Waals surface area contributed by atoms with Crippen molar-refractivity contribution >= 4 is 44.4 Å². The molecule has 0 N–H and O–H groups in total. The normalized spacial score (nSPS) is 11.2. The molecule has 4 aromatic rings. The second kappa shape index (κ2) is 4.59. The van der Waals surface area contributed by atoms with Crippen LogP contribution in [0.25, 0.3) is 27.6 Å². The van der Waals surface area contributed by atoms with E-state index in [2.05, 4.69) is 92.8 Å². The molecule has 4 rings (SSSR count). The van der Waals surface area contributed by atoms with Gasteiger partial charge >= 0.3 is 0 Å². The number of fused-ring (bicyclic) bond motifs is 3. The maximum atomic E-state index is 4.58. The van der Waals surface area contributed by atoms with E-state index in [4.69, 9.17) is 0 Å². The van der Waals surface area contributed by atoms with Crippen LogP contribution in [0.2, 0.25) is 0 Å². The van der Waals surface area contributed by atoms with Crippen LogP contribution in [0.4, 0.5) is 0 Å². The minimum absolute atomic E-state index is 0.961. The molecule has 0 aliphatic rings. The number of hydrogen-bond donors (Lipinski definition) is 0. The number of rotatable bonds is 1. The lowest BCUT2D eigenvalue weighted by atomic mass is 10.2. The molecule has 0 atom stereocenters. The molecule has 2 aromatic carbocycles. The first-order valence-corrected chi connectivity index (χ1v) is 7.52. The van der Waals surface area contributed by atoms with Gasteiger partial charge in [0.15, 0.2) is 0 Å². The molecule has 3 heteroatoms. The summed E-state index contributed by atoms with van der Waals surface area (Å²) in [6.45, 7) is 0. The molecule has 0 spiro atoms. The Balaban J connectivity index is 2.17. The van der Waals surface area contributed by atoms with Crippen molar-refractivity contribution in [2.75, 3.05) is 0 Å². The van der Waals surface area contributed by atoms with Gasteiger partial charge in [-0.15, -0.1) is 0 Å². The minimum Gasteiger partial charge on any atom is -0.294 e. The molecule has 0 radical (unpaired) electrons. The molecular formula is C17H11IN2. The summed E-state index contributed by atoms with van der Waals surface area (Å²) in [6, 6.07) is 21.1. The maximum Gasteiger partial charge on any atom is 0.137 e. The zero-order valence-electron chi connectivity index (χ0n) is 10.6. The number of aromatic nitrogens is 2. The SMILES string of the molecule is Ic1ccc(-n2c3ccccc3c3ccccc32)nc1. The summed E-state index contributed by atoms with van der Waals surface area (Å²) >= 11 is 2.28. The Morgan fingerprint density at radius 3 is 1.90 bits per heavy atom. The van der Waals surface area contributed by atoms with Crippen LogP contribution in [0.3, 0.4) is 0 Å². The van der Waals surface area contributed by atoms with Gasteiger partial charge in [-0.3, -0.25) is 4.57 Å². The third-order valence-electron chi connectivity index (χ3n) is 3.52. The predicted molar refractivity (Wildman–Crippen MR) is 91.3 cm³/mol. The number of pyridine rings is 1. The fourth-order valence-electron chi connectivity index (χ4n) is 2.67. The molecule has 0 bridgehead atoms. The molecule has 0 amide bonds. The second-order valence-corrected chi connectivity index (χ2v) is 5.95. The molecule has 96 valence electrons. The Labute approximate surface area is 130 Å². The van der Waals surface area contributed by atoms with E-state index in [0.29, 0.717) is 0 Å². The molecule has 0 saturated carbocycles. The van der Waals surface area contributed by atoms with Crippen molar-refractivity contribution in [1.82, 2.24) is 9.55 Å². The van der Waals surface area contributed by atoms with E-state index < -0.39 is 0 Å². The molecule has 0 saturated heterocycles. The lowest BCUT2D eigenvalue weighted by Crippen LogP contribution is -1.96. The summed E-state index contributed by atoms with van der Waals surface area (Å²) in [5, 5.41) is 2.53. The van der Waals surface area contributed by atoms with Gasteiger partial charge in [-0.1, -0.05) is 36.4 Å². The van der Waals surface area contributed by atoms with Crippen molar-refractivity contribution < 1.29 is 0 Å². The first kappa shape index (κ1) is 11.9. The van der Waals surface area contributed by atoms with Crippen LogP contribution in [-0.2, 0) is 0 Å². The third-order valence-corrected chi connectivity index (χ3v) is 4.16. The number of nitrogens with zero attached hydrogens (tertiary/aromatic N) is 2. The van der Waals surface area contributed by atoms with Gasteiger partial charge in [-0.2, -0.15) is 0 Å². The van der Waals surface area contributed by atoms with E-state index in [0.717, 1.165) is 9.39 Å². The van der Waals surface area contributed by atoms with Crippen molar-refractivity contribution in [3.05, 3.63) is 70.4 Å². The molecular weight excluding hydrogens is 359 g/mol. The van der Waals surface area contributed by atoms with Gasteiger partial charge < -0.3 is 0 Å². The van der Waals surface area contributed by atoms with Crippen LogP contribution in [-0.4, -0.2) is 9.55 Å². The fraction of sp³-hybridized carbons (Fsp3) is 0. The Morgan fingerprint density at radius 2 is 1.35 bits per heavy atom. The van der Waals surface area contributed by atoms with Gasteiger partial charge in [0, 0.05) is 20.5 Å². The summed E-state index contributed by atoms with van der Waals surface area (Å²) in [5.74, 6) is 0.961. The predicted octanol–water partition coefficient (Wildman–Crippen LogP) is 4.78. The van der Waals surface area contributed by atoms with Gasteiger partial charge in [-0.25, -0.2) is 4.98 Å². The monoisotopic (exact) mass is 370 g/mol. The van der Waals surface area contributed by atoms with Crippen LogP contribution >= 0.6 is 22.6 Å². The topological polar surface area (TPSA) is 17.8 Å². The number of halogens is 1. The highest BCUT2D eigenvalue weighted by Gasteiger charge is 2.11. The number of benzene rings is 2. The maximum absolute atomic E-state index is 4.58. The Kier molecular flexibility index (Phi) is 2.73. The summed E-state index contributed by atoms with van der Waals surface area (Å²) in [4.78, 5) is 4.58. The largest absolute Gasteiger partial charge is 0.294 e. The summed E-state index contributed by atoms with van der Waals surface area (Å²) in [7, 11) is 0. The van der Waals surface area contributed by atoms with Gasteiger partial charge in [0.2, 0.25) is 0 Å². The minimum atomic E-state index is 0.961. The second-order valence-electron chi connectivity index (χ2n) is 4.70. The fourth-order valence-corrected chi connectivity index (χ4v) is 2.99. The average Bonchev–Trinajstić information content (AvgIpc) is 2.83. The van der Waals surface area contributed by atoms with E-state index >= 15 is 0 Å². The lowest BCUT2D eigenvalue weighted by molar-refractivity contribution is 1.08. The standard InChI is InChI=1S/C17H11IN2/c18-12-9-10-17(19-11-12)20-15-7-3-1-5-13(15)14-6-2-4-8-16(14)20/h1-11H. The van der Waals surface area contributed by atoms with Crippen molar-refractivity contribution in [1.29, 1.82) is 0 Å². The quantitative estimate of drug-likeness (QED) is 0.441. The highest BCUT2D eigenvalue weighted by molar-refractivity contribution is 14.1. The zero-order valence-corrected chi connectivity index (χ0v) is 12.8. The van der Waals surface area contributed by atoms with Crippen LogP contribution in [0.5, 0.6) is 0 Å². The molecule has 2 heterocycles. The van der Waals surface area contributed by atoms with Crippen LogP contribution in [0, 0.1) is 3.57 Å². The van der Waals surface area contributed by atoms with E-state index in [1.165, 1.54) is 21.8 Å². The third kappa shape index (κ3) is 1.73. The molecule has 0 unspecified atom stereocenters. The number of para-hydroxylation sites is 2. The van der Waals surface area contributed by atoms with Gasteiger partial charge in [0.1, 0.15) is 5.82 Å². The van der Waals surface area contributed by atoms with E-state index in [1.807, 2.05) is 6.20 Å². The lowest BCUT2D eigenvalue weighted by Gasteiger charge is -2.06. The van der Waals surface area contributed by atoms with Gasteiger partial charge in [0.25, 0.3) is 0 Å². The van der Waals surface area contributed by atoms with Crippen molar-refractivity contribution in [2.24, 2.45) is 0 Å². The van der Waals surface area contributed by atoms with Gasteiger partial charge in [0.05, 0.1) is 11.0 Å². The van der Waals surface area contributed by atoms with Crippen molar-refractivity contribution in [3.8, 4) is 5.82 Å². The van der Waals surface area contributed by atoms with Crippen molar-refractivity contribution in [2.45, 2.75) is 0 Å². The van der Waals surface area contributed by atoms with Gasteiger partial charge in [-0.05, 0) is 46.9 Å². The van der Waals surface area contributed by atoms with Crippen LogP contribution < -0.4 is 0 Å². The first-order valence-electron chi connectivity index (χ1n) is 6.45. The highest BCUT2D eigenvalue weighted by Crippen LogP contribution is 2.30. The number of hydrogen-bond acceptors (Lipinski definition) is 1. The molecule has 2 nitrogen and oxygen atoms in total. The Hall–Kier alpha value is -1.88. The first-order chi connectivity index (χ1) is 9.84. The molecule has 2 aromatic heterocycles. The summed E-state index contributed by atoms with van der Waals surface area (Å²) in [5.41, 5.74) is 2.39. The molecule has 20 heavy (non-hydrogen) atoms. The molecule has 0 aliphatic heterocycles. The highest BCUT2D eigenvalue weighted by atomic mass is 127.